The highest BCUT2D eigenvalue weighted by molar-refractivity contribution is 5.89. The smallest absolute Gasteiger partial charge is 0.338 e. The summed E-state index contributed by atoms with van der Waals surface area (Å²) in [7, 11) is 0. The zero-order valence-corrected chi connectivity index (χ0v) is 11.4. The summed E-state index contributed by atoms with van der Waals surface area (Å²) in [4.78, 5) is 11.7. The third kappa shape index (κ3) is 4.52. The lowest BCUT2D eigenvalue weighted by atomic mass is 10.0. The Kier molecular flexibility index (Phi) is 5.33. The number of rotatable bonds is 6. The average molecular weight is 269 g/mol. The third-order valence-corrected chi connectivity index (χ3v) is 3.07. The Bertz CT molecular complexity index is 525. The maximum absolute atomic E-state index is 11.7. The Labute approximate surface area is 119 Å². The second kappa shape index (κ2) is 7.46. The largest absolute Gasteiger partial charge is 0.462 e. The van der Waals surface area contributed by atoms with E-state index in [2.05, 4.69) is 12.1 Å². The molecule has 1 atom stereocenters. The first-order chi connectivity index (χ1) is 9.75. The number of carbonyl (C=O) groups excluding carboxylic acids is 1. The predicted octanol–water partition coefficient (Wildman–Crippen LogP) is 2.80. The molecule has 0 saturated carbocycles. The Morgan fingerprint density at radius 1 is 1.00 bits per heavy atom. The summed E-state index contributed by atoms with van der Waals surface area (Å²) in [5, 5.41) is 0. The van der Waals surface area contributed by atoms with Crippen molar-refractivity contribution in [2.45, 2.75) is 18.9 Å². The van der Waals surface area contributed by atoms with Crippen molar-refractivity contribution in [1.82, 2.24) is 0 Å². The number of carbonyl (C=O) groups is 1. The molecular formula is C17H19NO2. The van der Waals surface area contributed by atoms with E-state index in [1.54, 1.807) is 12.1 Å². The van der Waals surface area contributed by atoms with Crippen LogP contribution in [0.1, 0.15) is 22.3 Å². The maximum Gasteiger partial charge on any atom is 0.338 e. The Balaban J connectivity index is 1.72. The van der Waals surface area contributed by atoms with Crippen molar-refractivity contribution in [3.05, 3.63) is 71.8 Å². The molecule has 0 unspecified atom stereocenters. The van der Waals surface area contributed by atoms with Gasteiger partial charge in [0.2, 0.25) is 0 Å². The van der Waals surface area contributed by atoms with Gasteiger partial charge in [0.05, 0.1) is 12.2 Å². The highest BCUT2D eigenvalue weighted by atomic mass is 16.5. The van der Waals surface area contributed by atoms with Crippen LogP contribution in [0.15, 0.2) is 60.7 Å². The standard InChI is InChI=1S/C17H19NO2/c18-16(13-14-7-3-1-4-8-14)11-12-20-17(19)15-9-5-2-6-10-15/h1-10,16H,11-13,18H2/t16-/m1/s1. The van der Waals surface area contributed by atoms with Crippen LogP contribution in [0.3, 0.4) is 0 Å². The average Bonchev–Trinajstić information content (AvgIpc) is 2.49. The van der Waals surface area contributed by atoms with Crippen molar-refractivity contribution >= 4 is 5.97 Å². The molecule has 0 amide bonds. The van der Waals surface area contributed by atoms with Gasteiger partial charge >= 0.3 is 5.97 Å². The van der Waals surface area contributed by atoms with E-state index in [1.807, 2.05) is 36.4 Å². The molecular weight excluding hydrogens is 250 g/mol. The molecule has 0 heterocycles. The summed E-state index contributed by atoms with van der Waals surface area (Å²) in [5.41, 5.74) is 7.82. The zero-order chi connectivity index (χ0) is 14.2. The molecule has 104 valence electrons. The highest BCUT2D eigenvalue weighted by Crippen LogP contribution is 2.06. The van der Waals surface area contributed by atoms with Gasteiger partial charge in [-0.1, -0.05) is 48.5 Å². The quantitative estimate of drug-likeness (QED) is 0.820. The van der Waals surface area contributed by atoms with Crippen LogP contribution in [-0.4, -0.2) is 18.6 Å². The molecule has 0 aliphatic rings. The zero-order valence-electron chi connectivity index (χ0n) is 11.4. The number of hydrogen-bond donors (Lipinski definition) is 1. The van der Waals surface area contributed by atoms with Crippen LogP contribution in [0.2, 0.25) is 0 Å². The van der Waals surface area contributed by atoms with Crippen LogP contribution >= 0.6 is 0 Å². The van der Waals surface area contributed by atoms with Crippen molar-refractivity contribution in [2.75, 3.05) is 6.61 Å². The van der Waals surface area contributed by atoms with Crippen LogP contribution in [0.4, 0.5) is 0 Å². The van der Waals surface area contributed by atoms with Crippen LogP contribution < -0.4 is 5.73 Å². The van der Waals surface area contributed by atoms with Gasteiger partial charge in [0.1, 0.15) is 0 Å². The van der Waals surface area contributed by atoms with E-state index < -0.39 is 0 Å². The van der Waals surface area contributed by atoms with Crippen molar-refractivity contribution in [3.8, 4) is 0 Å². The van der Waals surface area contributed by atoms with Gasteiger partial charge < -0.3 is 10.5 Å². The number of hydrogen-bond acceptors (Lipinski definition) is 3. The van der Waals surface area contributed by atoms with Gasteiger partial charge in [0, 0.05) is 6.04 Å². The minimum atomic E-state index is -0.294. The molecule has 0 fully saturated rings. The normalized spacial score (nSPS) is 11.8. The molecule has 3 nitrogen and oxygen atoms in total. The highest BCUT2D eigenvalue weighted by Gasteiger charge is 2.08. The van der Waals surface area contributed by atoms with Crippen molar-refractivity contribution in [3.63, 3.8) is 0 Å². The van der Waals surface area contributed by atoms with E-state index in [0.717, 1.165) is 6.42 Å². The van der Waals surface area contributed by atoms with Crippen molar-refractivity contribution in [2.24, 2.45) is 5.73 Å². The third-order valence-electron chi connectivity index (χ3n) is 3.07. The van der Waals surface area contributed by atoms with Crippen molar-refractivity contribution < 1.29 is 9.53 Å². The van der Waals surface area contributed by atoms with Gasteiger partial charge in [-0.3, -0.25) is 0 Å². The summed E-state index contributed by atoms with van der Waals surface area (Å²) >= 11 is 0. The van der Waals surface area contributed by atoms with Gasteiger partial charge in [-0.25, -0.2) is 4.79 Å². The Morgan fingerprint density at radius 2 is 1.60 bits per heavy atom. The molecule has 2 rings (SSSR count). The van der Waals surface area contributed by atoms with Crippen LogP contribution in [0.5, 0.6) is 0 Å². The molecule has 0 aliphatic heterocycles. The van der Waals surface area contributed by atoms with Crippen LogP contribution in [0, 0.1) is 0 Å². The van der Waals surface area contributed by atoms with E-state index in [4.69, 9.17) is 10.5 Å². The Morgan fingerprint density at radius 3 is 2.25 bits per heavy atom. The summed E-state index contributed by atoms with van der Waals surface area (Å²) < 4.78 is 5.22. The lowest BCUT2D eigenvalue weighted by Crippen LogP contribution is -2.25. The van der Waals surface area contributed by atoms with Crippen LogP contribution in [-0.2, 0) is 11.2 Å². The summed E-state index contributed by atoms with van der Waals surface area (Å²) in [5.74, 6) is -0.294. The maximum atomic E-state index is 11.7. The number of esters is 1. The fourth-order valence-electron chi connectivity index (χ4n) is 1.98. The van der Waals surface area contributed by atoms with E-state index in [-0.39, 0.29) is 12.0 Å². The lowest BCUT2D eigenvalue weighted by Gasteiger charge is -2.12. The molecule has 0 saturated heterocycles. The van der Waals surface area contributed by atoms with Gasteiger partial charge in [-0.05, 0) is 30.5 Å². The molecule has 2 aromatic rings. The predicted molar refractivity (Wildman–Crippen MR) is 79.5 cm³/mol. The fraction of sp³-hybridized carbons (Fsp3) is 0.235. The molecule has 0 bridgehead atoms. The van der Waals surface area contributed by atoms with Crippen molar-refractivity contribution in [1.29, 1.82) is 0 Å². The second-order valence-corrected chi connectivity index (χ2v) is 4.74. The van der Waals surface area contributed by atoms with E-state index in [0.29, 0.717) is 18.6 Å². The molecule has 2 N–H and O–H groups in total. The molecule has 0 aromatic heterocycles. The van der Waals surface area contributed by atoms with Gasteiger partial charge in [0.15, 0.2) is 0 Å². The molecule has 3 heteroatoms. The molecule has 0 spiro atoms. The van der Waals surface area contributed by atoms with Gasteiger partial charge in [-0.2, -0.15) is 0 Å². The minimum Gasteiger partial charge on any atom is -0.462 e. The summed E-state index contributed by atoms with van der Waals surface area (Å²) in [6.07, 6.45) is 1.46. The first-order valence-electron chi connectivity index (χ1n) is 6.77. The summed E-state index contributed by atoms with van der Waals surface area (Å²) in [6.45, 7) is 0.349. The number of nitrogens with two attached hydrogens (primary N) is 1. The van der Waals surface area contributed by atoms with E-state index >= 15 is 0 Å². The second-order valence-electron chi connectivity index (χ2n) is 4.74. The molecule has 0 radical (unpaired) electrons. The first kappa shape index (κ1) is 14.3. The number of ether oxygens (including phenoxy) is 1. The first-order valence-corrected chi connectivity index (χ1v) is 6.77. The van der Waals surface area contributed by atoms with Gasteiger partial charge in [0.25, 0.3) is 0 Å². The molecule has 0 aliphatic carbocycles. The van der Waals surface area contributed by atoms with Gasteiger partial charge in [-0.15, -0.1) is 0 Å². The van der Waals surface area contributed by atoms with E-state index in [1.165, 1.54) is 5.56 Å². The SMILES string of the molecule is N[C@H](CCOC(=O)c1ccccc1)Cc1ccccc1. The minimum absolute atomic E-state index is 0.000901. The molecule has 20 heavy (non-hydrogen) atoms. The van der Waals surface area contributed by atoms with E-state index in [9.17, 15) is 4.79 Å². The monoisotopic (exact) mass is 269 g/mol. The Hall–Kier alpha value is -2.13. The molecule has 2 aromatic carbocycles. The number of benzene rings is 2. The lowest BCUT2D eigenvalue weighted by molar-refractivity contribution is 0.0494. The summed E-state index contributed by atoms with van der Waals surface area (Å²) in [6, 6.07) is 19.1. The topological polar surface area (TPSA) is 52.3 Å². The van der Waals surface area contributed by atoms with Crippen LogP contribution in [0.25, 0.3) is 0 Å². The fourth-order valence-corrected chi connectivity index (χ4v) is 1.98.